The van der Waals surface area contributed by atoms with Crippen molar-refractivity contribution in [3.05, 3.63) is 23.4 Å². The van der Waals surface area contributed by atoms with Gasteiger partial charge in [0, 0.05) is 25.3 Å². The number of aryl methyl sites for hydroxylation is 2. The van der Waals surface area contributed by atoms with Gasteiger partial charge in [-0.25, -0.2) is 4.98 Å². The predicted octanol–water partition coefficient (Wildman–Crippen LogP) is 2.08. The molecule has 3 heterocycles. The molecule has 1 aromatic rings. The lowest BCUT2D eigenvalue weighted by atomic mass is 10.00. The zero-order valence-corrected chi connectivity index (χ0v) is 10.7. The van der Waals surface area contributed by atoms with Crippen molar-refractivity contribution in [1.82, 2.24) is 10.0 Å². The van der Waals surface area contributed by atoms with Gasteiger partial charge in [0.05, 0.1) is 0 Å². The van der Waals surface area contributed by atoms with Gasteiger partial charge >= 0.3 is 0 Å². The van der Waals surface area contributed by atoms with E-state index in [1.807, 2.05) is 0 Å². The minimum Gasteiger partial charge on any atom is -0.370 e. The molecule has 4 heteroatoms. The van der Waals surface area contributed by atoms with Crippen LogP contribution in [0.15, 0.2) is 12.1 Å². The lowest BCUT2D eigenvalue weighted by Gasteiger charge is -2.17. The fourth-order valence-electron chi connectivity index (χ4n) is 2.91. The lowest BCUT2D eigenvalue weighted by Crippen LogP contribution is -2.16. The van der Waals surface area contributed by atoms with Gasteiger partial charge in [-0.1, -0.05) is 6.07 Å². The SMILES string of the molecule is ON1CC[C@@H](CCc2ccc3c(n2)NCCC3)C1. The van der Waals surface area contributed by atoms with E-state index in [4.69, 9.17) is 4.98 Å². The van der Waals surface area contributed by atoms with Crippen LogP contribution in [0.25, 0.3) is 0 Å². The average Bonchev–Trinajstić information content (AvgIpc) is 2.82. The summed E-state index contributed by atoms with van der Waals surface area (Å²) in [7, 11) is 0. The van der Waals surface area contributed by atoms with E-state index >= 15 is 0 Å². The smallest absolute Gasteiger partial charge is 0.129 e. The molecule has 0 amide bonds. The number of hydrogen-bond donors (Lipinski definition) is 2. The molecule has 3 rings (SSSR count). The molecule has 0 bridgehead atoms. The standard InChI is InChI=1S/C14H21N3O/c18-17-9-7-11(10-17)3-5-13-6-4-12-2-1-8-15-14(12)16-13/h4,6,11,18H,1-3,5,7-10H2,(H,15,16)/t11-/m1/s1. The number of aromatic nitrogens is 1. The maximum absolute atomic E-state index is 9.36. The van der Waals surface area contributed by atoms with E-state index in [9.17, 15) is 5.21 Å². The van der Waals surface area contributed by atoms with Crippen molar-refractivity contribution in [3.63, 3.8) is 0 Å². The van der Waals surface area contributed by atoms with Crippen LogP contribution in [-0.2, 0) is 12.8 Å². The first-order chi connectivity index (χ1) is 8.81. The third-order valence-electron chi connectivity index (χ3n) is 4.02. The van der Waals surface area contributed by atoms with Gasteiger partial charge in [-0.15, -0.1) is 0 Å². The van der Waals surface area contributed by atoms with Crippen molar-refractivity contribution in [1.29, 1.82) is 0 Å². The third kappa shape index (κ3) is 2.65. The van der Waals surface area contributed by atoms with E-state index in [-0.39, 0.29) is 0 Å². The van der Waals surface area contributed by atoms with Crippen LogP contribution in [0.1, 0.15) is 30.5 Å². The summed E-state index contributed by atoms with van der Waals surface area (Å²) < 4.78 is 0. The number of rotatable bonds is 3. The molecule has 2 aliphatic heterocycles. The molecule has 18 heavy (non-hydrogen) atoms. The highest BCUT2D eigenvalue weighted by molar-refractivity contribution is 5.46. The first kappa shape index (κ1) is 11.9. The number of fused-ring (bicyclic) bond motifs is 1. The highest BCUT2D eigenvalue weighted by Gasteiger charge is 2.20. The third-order valence-corrected chi connectivity index (χ3v) is 4.02. The van der Waals surface area contributed by atoms with Crippen LogP contribution >= 0.6 is 0 Å². The Balaban J connectivity index is 1.59. The van der Waals surface area contributed by atoms with Gasteiger partial charge in [-0.05, 0) is 49.7 Å². The molecule has 0 radical (unpaired) electrons. The molecule has 0 unspecified atom stereocenters. The number of anilines is 1. The van der Waals surface area contributed by atoms with Gasteiger partial charge in [-0.2, -0.15) is 5.06 Å². The molecular formula is C14H21N3O. The molecule has 1 fully saturated rings. The van der Waals surface area contributed by atoms with Crippen molar-refractivity contribution in [3.8, 4) is 0 Å². The summed E-state index contributed by atoms with van der Waals surface area (Å²) >= 11 is 0. The summed E-state index contributed by atoms with van der Waals surface area (Å²) in [5.41, 5.74) is 2.53. The molecule has 1 atom stereocenters. The molecule has 0 aliphatic carbocycles. The van der Waals surface area contributed by atoms with Crippen molar-refractivity contribution in [2.24, 2.45) is 5.92 Å². The minimum absolute atomic E-state index is 0.626. The van der Waals surface area contributed by atoms with E-state index in [2.05, 4.69) is 17.4 Å². The number of nitrogens with one attached hydrogen (secondary N) is 1. The quantitative estimate of drug-likeness (QED) is 0.858. The van der Waals surface area contributed by atoms with Gasteiger partial charge in [0.1, 0.15) is 5.82 Å². The second-order valence-electron chi connectivity index (χ2n) is 5.45. The van der Waals surface area contributed by atoms with Crippen molar-refractivity contribution >= 4 is 5.82 Å². The molecule has 0 aromatic carbocycles. The molecule has 98 valence electrons. The van der Waals surface area contributed by atoms with Gasteiger partial charge < -0.3 is 10.5 Å². The highest BCUT2D eigenvalue weighted by Crippen LogP contribution is 2.23. The first-order valence-corrected chi connectivity index (χ1v) is 6.98. The van der Waals surface area contributed by atoms with E-state index in [0.717, 1.165) is 51.1 Å². The van der Waals surface area contributed by atoms with Crippen LogP contribution in [0.2, 0.25) is 0 Å². The molecule has 4 nitrogen and oxygen atoms in total. The Kier molecular flexibility index (Phi) is 3.48. The Labute approximate surface area is 108 Å². The summed E-state index contributed by atoms with van der Waals surface area (Å²) in [5, 5.41) is 14.2. The topological polar surface area (TPSA) is 48.4 Å². The second-order valence-corrected chi connectivity index (χ2v) is 5.45. The molecule has 0 spiro atoms. The fraction of sp³-hybridized carbons (Fsp3) is 0.643. The van der Waals surface area contributed by atoms with Crippen molar-refractivity contribution < 1.29 is 5.21 Å². The fourth-order valence-corrected chi connectivity index (χ4v) is 2.91. The monoisotopic (exact) mass is 247 g/mol. The van der Waals surface area contributed by atoms with E-state index in [0.29, 0.717) is 5.92 Å². The van der Waals surface area contributed by atoms with Crippen LogP contribution in [0.3, 0.4) is 0 Å². The zero-order chi connectivity index (χ0) is 12.4. The van der Waals surface area contributed by atoms with Gasteiger partial charge in [0.2, 0.25) is 0 Å². The van der Waals surface area contributed by atoms with Gasteiger partial charge in [-0.3, -0.25) is 0 Å². The van der Waals surface area contributed by atoms with Gasteiger partial charge in [0.25, 0.3) is 0 Å². The molecule has 0 saturated carbocycles. The Morgan fingerprint density at radius 3 is 3.22 bits per heavy atom. The van der Waals surface area contributed by atoms with Crippen LogP contribution < -0.4 is 5.32 Å². The normalized spacial score (nSPS) is 23.7. The number of pyridine rings is 1. The summed E-state index contributed by atoms with van der Waals surface area (Å²) in [4.78, 5) is 4.71. The van der Waals surface area contributed by atoms with Crippen LogP contribution in [0.4, 0.5) is 5.82 Å². The Morgan fingerprint density at radius 2 is 2.39 bits per heavy atom. The first-order valence-electron chi connectivity index (χ1n) is 6.98. The van der Waals surface area contributed by atoms with E-state index in [1.165, 1.54) is 22.7 Å². The lowest BCUT2D eigenvalue weighted by molar-refractivity contribution is -0.0714. The largest absolute Gasteiger partial charge is 0.370 e. The van der Waals surface area contributed by atoms with E-state index < -0.39 is 0 Å². The Bertz CT molecular complexity index is 422. The second kappa shape index (κ2) is 5.24. The maximum atomic E-state index is 9.36. The molecule has 1 aromatic heterocycles. The van der Waals surface area contributed by atoms with Crippen molar-refractivity contribution in [2.45, 2.75) is 32.1 Å². The van der Waals surface area contributed by atoms with Crippen LogP contribution in [0, 0.1) is 5.92 Å². The average molecular weight is 247 g/mol. The Hall–Kier alpha value is -1.13. The van der Waals surface area contributed by atoms with Crippen LogP contribution in [-0.4, -0.2) is 34.9 Å². The van der Waals surface area contributed by atoms with E-state index in [1.54, 1.807) is 0 Å². The highest BCUT2D eigenvalue weighted by atomic mass is 16.5. The summed E-state index contributed by atoms with van der Waals surface area (Å²) in [6, 6.07) is 4.38. The molecular weight excluding hydrogens is 226 g/mol. The summed E-state index contributed by atoms with van der Waals surface area (Å²) in [5.74, 6) is 1.72. The molecule has 2 aliphatic rings. The Morgan fingerprint density at radius 1 is 1.44 bits per heavy atom. The predicted molar refractivity (Wildman–Crippen MR) is 70.8 cm³/mol. The minimum atomic E-state index is 0.626. The van der Waals surface area contributed by atoms with Crippen LogP contribution in [0.5, 0.6) is 0 Å². The number of nitrogens with zero attached hydrogens (tertiary/aromatic N) is 2. The van der Waals surface area contributed by atoms with Gasteiger partial charge in [0.15, 0.2) is 0 Å². The number of hydrogen-bond acceptors (Lipinski definition) is 4. The molecule has 1 saturated heterocycles. The number of hydroxylamine groups is 2. The maximum Gasteiger partial charge on any atom is 0.129 e. The summed E-state index contributed by atoms with van der Waals surface area (Å²) in [6.07, 6.45) is 5.62. The van der Waals surface area contributed by atoms with Crippen molar-refractivity contribution in [2.75, 3.05) is 25.0 Å². The zero-order valence-electron chi connectivity index (χ0n) is 10.7. The molecule has 2 N–H and O–H groups in total. The summed E-state index contributed by atoms with van der Waals surface area (Å²) in [6.45, 7) is 2.69.